The maximum atomic E-state index is 12.9. The summed E-state index contributed by atoms with van der Waals surface area (Å²) in [5, 5.41) is 19.8. The highest BCUT2D eigenvalue weighted by Gasteiger charge is 2.21. The monoisotopic (exact) mass is 353 g/mol. The molecule has 26 heavy (non-hydrogen) atoms. The number of ether oxygens (including phenoxy) is 2. The molecule has 0 aliphatic carbocycles. The largest absolute Gasteiger partial charge is 0.504 e. The smallest absolute Gasteiger partial charge is 0.337 e. The molecule has 3 rings (SSSR count). The van der Waals surface area contributed by atoms with Crippen molar-refractivity contribution in [1.82, 2.24) is 4.98 Å². The molecule has 0 unspecified atom stereocenters. The molecule has 2 N–H and O–H groups in total. The van der Waals surface area contributed by atoms with Crippen molar-refractivity contribution in [3.63, 3.8) is 0 Å². The first-order chi connectivity index (χ1) is 12.5. The number of phenolic OH excluding ortho intramolecular Hbond substituents is 1. The molecule has 1 heterocycles. The van der Waals surface area contributed by atoms with Gasteiger partial charge in [0.2, 0.25) is 5.78 Å². The maximum absolute atomic E-state index is 12.9. The number of carbonyl (C=O) groups excluding carboxylic acids is 1. The molecule has 0 fully saturated rings. The van der Waals surface area contributed by atoms with Gasteiger partial charge in [0, 0.05) is 22.5 Å². The van der Waals surface area contributed by atoms with Crippen LogP contribution in [0.25, 0.3) is 10.8 Å². The van der Waals surface area contributed by atoms with Gasteiger partial charge in [-0.2, -0.15) is 0 Å². The molecule has 132 valence electrons. The molecule has 0 aliphatic rings. The summed E-state index contributed by atoms with van der Waals surface area (Å²) < 4.78 is 10.2. The van der Waals surface area contributed by atoms with E-state index in [-0.39, 0.29) is 33.5 Å². The van der Waals surface area contributed by atoms with Gasteiger partial charge < -0.3 is 19.7 Å². The lowest BCUT2D eigenvalue weighted by Gasteiger charge is -2.11. The molecule has 2 aromatic carbocycles. The number of rotatable bonds is 5. The second kappa shape index (κ2) is 6.72. The summed E-state index contributed by atoms with van der Waals surface area (Å²) in [6.45, 7) is 0. The predicted octanol–water partition coefficient (Wildman–Crippen LogP) is 2.89. The van der Waals surface area contributed by atoms with E-state index in [0.29, 0.717) is 11.3 Å². The van der Waals surface area contributed by atoms with Crippen LogP contribution in [0.2, 0.25) is 0 Å². The number of carboxylic acids is 1. The summed E-state index contributed by atoms with van der Waals surface area (Å²) in [7, 11) is 2.85. The Morgan fingerprint density at radius 1 is 1.04 bits per heavy atom. The van der Waals surface area contributed by atoms with E-state index < -0.39 is 11.8 Å². The molecule has 0 atom stereocenters. The van der Waals surface area contributed by atoms with E-state index in [1.807, 2.05) is 0 Å². The number of fused-ring (bicyclic) bond motifs is 1. The van der Waals surface area contributed by atoms with Crippen LogP contribution in [0.1, 0.15) is 26.4 Å². The van der Waals surface area contributed by atoms with Crippen LogP contribution in [-0.2, 0) is 0 Å². The van der Waals surface area contributed by atoms with Crippen LogP contribution >= 0.6 is 0 Å². The van der Waals surface area contributed by atoms with Gasteiger partial charge in [-0.1, -0.05) is 12.1 Å². The van der Waals surface area contributed by atoms with Gasteiger partial charge in [0.1, 0.15) is 11.4 Å². The molecule has 1 aromatic heterocycles. The average molecular weight is 353 g/mol. The zero-order chi connectivity index (χ0) is 18.8. The zero-order valence-electron chi connectivity index (χ0n) is 14.0. The third kappa shape index (κ3) is 2.90. The standard InChI is InChI=1S/C19H15NO6/c1-25-11-5-3-4-10(6-11)18(22)17-13-8-16(26-2)15(21)7-12(13)14(9-20-17)19(23)24/h3-9,21H,1-2H3,(H,23,24). The van der Waals surface area contributed by atoms with Gasteiger partial charge in [-0.15, -0.1) is 0 Å². The number of carbonyl (C=O) groups is 2. The second-order valence-corrected chi connectivity index (χ2v) is 5.46. The first-order valence-electron chi connectivity index (χ1n) is 7.58. The van der Waals surface area contributed by atoms with E-state index in [0.717, 1.165) is 6.20 Å². The van der Waals surface area contributed by atoms with Crippen LogP contribution < -0.4 is 9.47 Å². The van der Waals surface area contributed by atoms with Gasteiger partial charge in [0.15, 0.2) is 11.5 Å². The Kier molecular flexibility index (Phi) is 4.45. The quantitative estimate of drug-likeness (QED) is 0.679. The number of ketones is 1. The number of benzene rings is 2. The number of carboxylic acid groups (broad SMARTS) is 1. The number of nitrogens with zero attached hydrogens (tertiary/aromatic N) is 1. The van der Waals surface area contributed by atoms with Gasteiger partial charge in [-0.25, -0.2) is 4.79 Å². The molecule has 3 aromatic rings. The van der Waals surface area contributed by atoms with Crippen molar-refractivity contribution < 1.29 is 29.3 Å². The van der Waals surface area contributed by atoms with Gasteiger partial charge in [-0.05, 0) is 24.3 Å². The Morgan fingerprint density at radius 3 is 2.46 bits per heavy atom. The first kappa shape index (κ1) is 17.2. The number of aromatic nitrogens is 1. The van der Waals surface area contributed by atoms with E-state index in [1.54, 1.807) is 24.3 Å². The minimum atomic E-state index is -1.22. The molecule has 7 nitrogen and oxygen atoms in total. The lowest BCUT2D eigenvalue weighted by molar-refractivity contribution is 0.0698. The van der Waals surface area contributed by atoms with Crippen LogP contribution in [0.15, 0.2) is 42.6 Å². The third-order valence-corrected chi connectivity index (χ3v) is 3.96. The summed E-state index contributed by atoms with van der Waals surface area (Å²) in [4.78, 5) is 28.4. The topological polar surface area (TPSA) is 106 Å². The average Bonchev–Trinajstić information content (AvgIpc) is 2.65. The van der Waals surface area contributed by atoms with Crippen LogP contribution in [0, 0.1) is 0 Å². The number of methoxy groups -OCH3 is 2. The van der Waals surface area contributed by atoms with E-state index in [2.05, 4.69) is 4.98 Å². The summed E-state index contributed by atoms with van der Waals surface area (Å²) in [6.07, 6.45) is 1.10. The number of pyridine rings is 1. The van der Waals surface area contributed by atoms with Crippen LogP contribution in [-0.4, -0.2) is 41.2 Å². The molecule has 0 radical (unpaired) electrons. The third-order valence-electron chi connectivity index (χ3n) is 3.96. The molecule has 0 saturated carbocycles. The molecule has 0 spiro atoms. The van der Waals surface area contributed by atoms with Crippen molar-refractivity contribution in [1.29, 1.82) is 0 Å². The van der Waals surface area contributed by atoms with Crippen LogP contribution in [0.5, 0.6) is 17.2 Å². The first-order valence-corrected chi connectivity index (χ1v) is 7.58. The van der Waals surface area contributed by atoms with Gasteiger partial charge in [0.25, 0.3) is 0 Å². The van der Waals surface area contributed by atoms with Gasteiger partial charge >= 0.3 is 5.97 Å². The van der Waals surface area contributed by atoms with Crippen molar-refractivity contribution in [2.24, 2.45) is 0 Å². The van der Waals surface area contributed by atoms with Crippen LogP contribution in [0.4, 0.5) is 0 Å². The summed E-state index contributed by atoms with van der Waals surface area (Å²) in [5.41, 5.74) is 0.268. The second-order valence-electron chi connectivity index (χ2n) is 5.46. The number of aromatic carboxylic acids is 1. The Bertz CT molecular complexity index is 1030. The fourth-order valence-electron chi connectivity index (χ4n) is 2.67. The Hall–Kier alpha value is -3.61. The van der Waals surface area contributed by atoms with E-state index in [1.165, 1.54) is 26.4 Å². The number of hydrogen-bond donors (Lipinski definition) is 2. The minimum Gasteiger partial charge on any atom is -0.504 e. The van der Waals surface area contributed by atoms with E-state index >= 15 is 0 Å². The number of aromatic hydroxyl groups is 1. The highest BCUT2D eigenvalue weighted by atomic mass is 16.5. The highest BCUT2D eigenvalue weighted by Crippen LogP contribution is 2.34. The molecule has 7 heteroatoms. The SMILES string of the molecule is COc1cccc(C(=O)c2ncc(C(=O)O)c3cc(O)c(OC)cc23)c1. The Labute approximate surface area is 148 Å². The van der Waals surface area contributed by atoms with Crippen LogP contribution in [0.3, 0.4) is 0 Å². The minimum absolute atomic E-state index is 0.0524. The van der Waals surface area contributed by atoms with Crippen molar-refractivity contribution in [2.45, 2.75) is 0 Å². The van der Waals surface area contributed by atoms with Crippen molar-refractivity contribution in [2.75, 3.05) is 14.2 Å². The molecular formula is C19H15NO6. The molecular weight excluding hydrogens is 338 g/mol. The molecule has 0 bridgehead atoms. The predicted molar refractivity (Wildman–Crippen MR) is 93.3 cm³/mol. The van der Waals surface area contributed by atoms with Crippen molar-refractivity contribution >= 4 is 22.5 Å². The fraction of sp³-hybridized carbons (Fsp3) is 0.105. The summed E-state index contributed by atoms with van der Waals surface area (Å²) in [5.74, 6) is -1.22. The Morgan fingerprint density at radius 2 is 1.81 bits per heavy atom. The molecule has 0 amide bonds. The summed E-state index contributed by atoms with van der Waals surface area (Å²) >= 11 is 0. The van der Waals surface area contributed by atoms with Gasteiger partial charge in [-0.3, -0.25) is 9.78 Å². The van der Waals surface area contributed by atoms with Crippen molar-refractivity contribution in [3.05, 3.63) is 59.4 Å². The summed E-state index contributed by atoms with van der Waals surface area (Å²) in [6, 6.07) is 9.21. The number of phenols is 1. The normalized spacial score (nSPS) is 10.5. The van der Waals surface area contributed by atoms with E-state index in [4.69, 9.17) is 9.47 Å². The molecule has 0 aliphatic heterocycles. The van der Waals surface area contributed by atoms with Crippen molar-refractivity contribution in [3.8, 4) is 17.2 Å². The van der Waals surface area contributed by atoms with E-state index in [9.17, 15) is 19.8 Å². The highest BCUT2D eigenvalue weighted by molar-refractivity contribution is 6.18. The lowest BCUT2D eigenvalue weighted by atomic mass is 9.99. The number of hydrogen-bond acceptors (Lipinski definition) is 6. The Balaban J connectivity index is 2.27. The molecule has 0 saturated heterocycles. The zero-order valence-corrected chi connectivity index (χ0v) is 14.0. The maximum Gasteiger partial charge on any atom is 0.337 e. The lowest BCUT2D eigenvalue weighted by Crippen LogP contribution is -2.08. The fourth-order valence-corrected chi connectivity index (χ4v) is 2.67. The van der Waals surface area contributed by atoms with Gasteiger partial charge in [0.05, 0.1) is 19.8 Å².